The number of carboxylic acid groups (broad SMARTS) is 1. The Morgan fingerprint density at radius 3 is 2.71 bits per heavy atom. The molecule has 0 aliphatic heterocycles. The molecule has 0 unspecified atom stereocenters. The number of aliphatic carboxylic acids is 1. The second-order valence-corrected chi connectivity index (χ2v) is 4.35. The van der Waals surface area contributed by atoms with Crippen molar-refractivity contribution >= 4 is 17.6 Å². The lowest BCUT2D eigenvalue weighted by molar-refractivity contribution is -0.132. The summed E-state index contributed by atoms with van der Waals surface area (Å²) in [6.07, 6.45) is 3.27. The molecular weight excluding hydrogens is 212 g/mol. The minimum atomic E-state index is -0.819. The van der Waals surface area contributed by atoms with Gasteiger partial charge >= 0.3 is 5.97 Å². The van der Waals surface area contributed by atoms with Crippen molar-refractivity contribution in [3.63, 3.8) is 0 Å². The van der Waals surface area contributed by atoms with Crippen LogP contribution in [-0.4, -0.2) is 11.1 Å². The first-order chi connectivity index (χ1) is 8.13. The summed E-state index contributed by atoms with van der Waals surface area (Å²) in [5.74, 6) is -0.819. The van der Waals surface area contributed by atoms with Gasteiger partial charge in [-0.25, -0.2) is 4.79 Å². The van der Waals surface area contributed by atoms with Crippen molar-refractivity contribution in [1.82, 2.24) is 0 Å². The van der Waals surface area contributed by atoms with Gasteiger partial charge in [-0.3, -0.25) is 0 Å². The van der Waals surface area contributed by atoms with Gasteiger partial charge in [-0.2, -0.15) is 0 Å². The number of fused-ring (bicyclic) bond motifs is 1. The van der Waals surface area contributed by atoms with E-state index >= 15 is 0 Å². The first-order valence-corrected chi connectivity index (χ1v) is 5.85. The lowest BCUT2D eigenvalue weighted by atomic mass is 9.85. The fourth-order valence-electron chi connectivity index (χ4n) is 2.15. The lowest BCUT2D eigenvalue weighted by Gasteiger charge is -2.20. The number of rotatable bonds is 2. The maximum atomic E-state index is 11.1. The zero-order chi connectivity index (χ0) is 12.4. The van der Waals surface area contributed by atoms with Gasteiger partial charge in [-0.05, 0) is 36.1 Å². The molecule has 0 aromatic heterocycles. The van der Waals surface area contributed by atoms with E-state index in [-0.39, 0.29) is 0 Å². The van der Waals surface area contributed by atoms with Crippen LogP contribution in [0.5, 0.6) is 0 Å². The van der Waals surface area contributed by atoms with Crippen LogP contribution in [-0.2, 0) is 4.79 Å². The average Bonchev–Trinajstić information content (AvgIpc) is 2.36. The molecule has 0 bridgehead atoms. The smallest absolute Gasteiger partial charge is 0.331 e. The monoisotopic (exact) mass is 228 g/mol. The van der Waals surface area contributed by atoms with Crippen LogP contribution in [0.4, 0.5) is 0 Å². The standard InChI is InChI=1S/C15H16O2/c1-3-10(2)14-9-12(15(16)17)8-11-6-4-5-7-13(11)14/h4-8H,3,9H2,1-2H3,(H,16,17). The van der Waals surface area contributed by atoms with Crippen molar-refractivity contribution in [2.24, 2.45) is 0 Å². The van der Waals surface area contributed by atoms with Crippen LogP contribution >= 0.6 is 0 Å². The van der Waals surface area contributed by atoms with Gasteiger partial charge in [0.25, 0.3) is 0 Å². The number of allylic oxidation sites excluding steroid dienone is 2. The summed E-state index contributed by atoms with van der Waals surface area (Å²) in [7, 11) is 0. The van der Waals surface area contributed by atoms with Gasteiger partial charge in [0.15, 0.2) is 0 Å². The van der Waals surface area contributed by atoms with Gasteiger partial charge in [0, 0.05) is 12.0 Å². The van der Waals surface area contributed by atoms with Crippen LogP contribution in [0.15, 0.2) is 35.4 Å². The molecule has 1 N–H and O–H groups in total. The Bertz CT molecular complexity index is 521. The van der Waals surface area contributed by atoms with E-state index in [1.807, 2.05) is 18.2 Å². The van der Waals surface area contributed by atoms with Gasteiger partial charge in [0.2, 0.25) is 0 Å². The molecule has 0 atom stereocenters. The van der Waals surface area contributed by atoms with Crippen LogP contribution < -0.4 is 0 Å². The first kappa shape index (κ1) is 11.6. The molecule has 0 saturated carbocycles. The van der Waals surface area contributed by atoms with Crippen molar-refractivity contribution in [1.29, 1.82) is 0 Å². The molecule has 1 aromatic carbocycles. The van der Waals surface area contributed by atoms with E-state index in [1.165, 1.54) is 16.7 Å². The average molecular weight is 228 g/mol. The van der Waals surface area contributed by atoms with E-state index in [4.69, 9.17) is 5.11 Å². The van der Waals surface area contributed by atoms with Gasteiger partial charge in [-0.1, -0.05) is 36.8 Å². The van der Waals surface area contributed by atoms with Crippen molar-refractivity contribution in [2.45, 2.75) is 26.7 Å². The molecule has 0 spiro atoms. The molecule has 1 aliphatic rings. The Morgan fingerprint density at radius 2 is 2.06 bits per heavy atom. The molecule has 0 saturated heterocycles. The van der Waals surface area contributed by atoms with Gasteiger partial charge in [0.05, 0.1) is 0 Å². The third-order valence-electron chi connectivity index (χ3n) is 3.30. The Kier molecular flexibility index (Phi) is 3.14. The summed E-state index contributed by atoms with van der Waals surface area (Å²) in [4.78, 5) is 11.1. The number of benzene rings is 1. The van der Waals surface area contributed by atoms with Gasteiger partial charge < -0.3 is 5.11 Å². The van der Waals surface area contributed by atoms with Crippen LogP contribution in [0.1, 0.15) is 37.8 Å². The molecule has 2 heteroatoms. The van der Waals surface area contributed by atoms with Gasteiger partial charge in [-0.15, -0.1) is 0 Å². The van der Waals surface area contributed by atoms with Crippen LogP contribution in [0, 0.1) is 0 Å². The number of hydrogen-bond acceptors (Lipinski definition) is 1. The summed E-state index contributed by atoms with van der Waals surface area (Å²) < 4.78 is 0. The maximum absolute atomic E-state index is 11.1. The van der Waals surface area contributed by atoms with E-state index in [1.54, 1.807) is 6.08 Å². The predicted molar refractivity (Wildman–Crippen MR) is 69.6 cm³/mol. The highest BCUT2D eigenvalue weighted by molar-refractivity contribution is 5.99. The molecule has 0 fully saturated rings. The lowest BCUT2D eigenvalue weighted by Crippen LogP contribution is -2.07. The Morgan fingerprint density at radius 1 is 1.35 bits per heavy atom. The summed E-state index contributed by atoms with van der Waals surface area (Å²) >= 11 is 0. The van der Waals surface area contributed by atoms with Crippen molar-refractivity contribution < 1.29 is 9.90 Å². The highest BCUT2D eigenvalue weighted by Gasteiger charge is 2.20. The van der Waals surface area contributed by atoms with E-state index < -0.39 is 5.97 Å². The van der Waals surface area contributed by atoms with Crippen LogP contribution in [0.25, 0.3) is 11.6 Å². The number of carbonyl (C=O) groups is 1. The second-order valence-electron chi connectivity index (χ2n) is 4.35. The van der Waals surface area contributed by atoms with Crippen LogP contribution in [0.3, 0.4) is 0 Å². The number of carboxylic acids is 1. The molecule has 2 nitrogen and oxygen atoms in total. The summed E-state index contributed by atoms with van der Waals surface area (Å²) in [5, 5.41) is 9.15. The summed E-state index contributed by atoms with van der Waals surface area (Å²) in [6.45, 7) is 4.18. The van der Waals surface area contributed by atoms with Crippen molar-refractivity contribution in [2.75, 3.05) is 0 Å². The van der Waals surface area contributed by atoms with E-state index in [2.05, 4.69) is 19.9 Å². The molecule has 17 heavy (non-hydrogen) atoms. The third-order valence-corrected chi connectivity index (χ3v) is 3.30. The molecule has 0 amide bonds. The fraction of sp³-hybridized carbons (Fsp3) is 0.267. The molecule has 1 aromatic rings. The Balaban J connectivity index is 2.61. The predicted octanol–water partition coefficient (Wildman–Crippen LogP) is 3.74. The van der Waals surface area contributed by atoms with Crippen molar-refractivity contribution in [3.05, 3.63) is 46.5 Å². The SMILES string of the molecule is CCC(C)=C1CC(C(=O)O)=Cc2ccccc21. The molecule has 0 radical (unpaired) electrons. The highest BCUT2D eigenvalue weighted by Crippen LogP contribution is 2.35. The highest BCUT2D eigenvalue weighted by atomic mass is 16.4. The fourth-order valence-corrected chi connectivity index (χ4v) is 2.15. The third kappa shape index (κ3) is 2.16. The number of hydrogen-bond donors (Lipinski definition) is 1. The van der Waals surface area contributed by atoms with Crippen LogP contribution in [0.2, 0.25) is 0 Å². The molecular formula is C15H16O2. The minimum Gasteiger partial charge on any atom is -0.478 e. The maximum Gasteiger partial charge on any atom is 0.331 e. The quantitative estimate of drug-likeness (QED) is 0.837. The van der Waals surface area contributed by atoms with E-state index in [0.29, 0.717) is 12.0 Å². The Labute approximate surface area is 101 Å². The molecule has 88 valence electrons. The molecule has 2 rings (SSSR count). The zero-order valence-electron chi connectivity index (χ0n) is 10.2. The Hall–Kier alpha value is -1.83. The second kappa shape index (κ2) is 4.58. The van der Waals surface area contributed by atoms with Gasteiger partial charge in [0.1, 0.15) is 0 Å². The molecule has 0 heterocycles. The first-order valence-electron chi connectivity index (χ1n) is 5.85. The van der Waals surface area contributed by atoms with E-state index in [0.717, 1.165) is 12.0 Å². The van der Waals surface area contributed by atoms with E-state index in [9.17, 15) is 4.79 Å². The summed E-state index contributed by atoms with van der Waals surface area (Å²) in [5.41, 5.74) is 5.11. The molecule has 1 aliphatic carbocycles. The largest absolute Gasteiger partial charge is 0.478 e. The topological polar surface area (TPSA) is 37.3 Å². The summed E-state index contributed by atoms with van der Waals surface area (Å²) in [6, 6.07) is 7.99. The minimum absolute atomic E-state index is 0.478. The normalized spacial score (nSPS) is 17.2. The van der Waals surface area contributed by atoms with Crippen molar-refractivity contribution in [3.8, 4) is 0 Å². The zero-order valence-corrected chi connectivity index (χ0v) is 10.2.